The van der Waals surface area contributed by atoms with Gasteiger partial charge in [0.2, 0.25) is 0 Å². The maximum absolute atomic E-state index is 12.6. The highest BCUT2D eigenvalue weighted by Crippen LogP contribution is 2.32. The van der Waals surface area contributed by atoms with E-state index in [1.165, 1.54) is 17.4 Å². The quantitative estimate of drug-likeness (QED) is 0.579. The molecule has 0 unspecified atom stereocenters. The van der Waals surface area contributed by atoms with Crippen molar-refractivity contribution in [2.45, 2.75) is 20.3 Å². The van der Waals surface area contributed by atoms with E-state index in [2.05, 4.69) is 47.9 Å². The molecule has 1 amide bonds. The molecule has 0 aromatic heterocycles. The summed E-state index contributed by atoms with van der Waals surface area (Å²) in [5, 5.41) is 0. The van der Waals surface area contributed by atoms with Gasteiger partial charge in [0.15, 0.2) is 0 Å². The standard InChI is InChI=1S/C19H25N3OS2/c1-15(2)8-9-22-18(23)17(25-19(22)24)14-20-10-12-21(13-11-20)16-6-4-3-5-7-16/h3-7,14-15H,8-13H2,1-2H3. The van der Waals surface area contributed by atoms with E-state index < -0.39 is 0 Å². The summed E-state index contributed by atoms with van der Waals surface area (Å²) in [6.45, 7) is 8.83. The molecule has 2 fully saturated rings. The molecule has 0 atom stereocenters. The average molecular weight is 376 g/mol. The minimum atomic E-state index is 0.0705. The number of hydrogen-bond acceptors (Lipinski definition) is 5. The van der Waals surface area contributed by atoms with Crippen LogP contribution in [0.1, 0.15) is 20.3 Å². The van der Waals surface area contributed by atoms with Gasteiger partial charge in [-0.1, -0.05) is 56.0 Å². The Hall–Kier alpha value is -1.53. The Morgan fingerprint density at radius 3 is 2.48 bits per heavy atom. The van der Waals surface area contributed by atoms with Crippen LogP contribution >= 0.6 is 24.0 Å². The van der Waals surface area contributed by atoms with Crippen LogP contribution in [-0.4, -0.2) is 52.8 Å². The number of para-hydroxylation sites is 1. The third-order valence-corrected chi connectivity index (χ3v) is 5.90. The molecule has 2 aliphatic rings. The maximum atomic E-state index is 12.6. The Morgan fingerprint density at radius 2 is 1.84 bits per heavy atom. The highest BCUT2D eigenvalue weighted by molar-refractivity contribution is 8.26. The minimum absolute atomic E-state index is 0.0705. The lowest BCUT2D eigenvalue weighted by Gasteiger charge is -2.35. The van der Waals surface area contributed by atoms with Crippen molar-refractivity contribution < 1.29 is 4.79 Å². The smallest absolute Gasteiger partial charge is 0.267 e. The fourth-order valence-electron chi connectivity index (χ4n) is 2.98. The number of carbonyl (C=O) groups is 1. The van der Waals surface area contributed by atoms with Gasteiger partial charge >= 0.3 is 0 Å². The van der Waals surface area contributed by atoms with Gasteiger partial charge < -0.3 is 9.80 Å². The summed E-state index contributed by atoms with van der Waals surface area (Å²) in [5.74, 6) is 0.640. The summed E-state index contributed by atoms with van der Waals surface area (Å²) >= 11 is 6.84. The topological polar surface area (TPSA) is 26.8 Å². The number of thiocarbonyl (C=S) groups is 1. The van der Waals surface area contributed by atoms with Crippen molar-refractivity contribution in [1.29, 1.82) is 0 Å². The van der Waals surface area contributed by atoms with Crippen LogP contribution < -0.4 is 4.90 Å². The maximum Gasteiger partial charge on any atom is 0.267 e. The number of carbonyl (C=O) groups excluding carboxylic acids is 1. The Labute approximate surface area is 159 Å². The molecular weight excluding hydrogens is 350 g/mol. The molecule has 0 saturated carbocycles. The number of amides is 1. The van der Waals surface area contributed by atoms with Crippen molar-refractivity contribution in [3.8, 4) is 0 Å². The van der Waals surface area contributed by atoms with E-state index in [1.54, 1.807) is 4.90 Å². The number of anilines is 1. The van der Waals surface area contributed by atoms with E-state index in [1.807, 2.05) is 12.3 Å². The van der Waals surface area contributed by atoms with Gasteiger partial charge in [0.25, 0.3) is 5.91 Å². The third-order valence-electron chi connectivity index (χ3n) is 4.54. The number of hydrogen-bond donors (Lipinski definition) is 0. The molecule has 0 bridgehead atoms. The summed E-state index contributed by atoms with van der Waals surface area (Å²) in [5.41, 5.74) is 1.27. The Balaban J connectivity index is 1.57. The van der Waals surface area contributed by atoms with Gasteiger partial charge in [0.05, 0.1) is 4.91 Å². The third kappa shape index (κ3) is 4.55. The summed E-state index contributed by atoms with van der Waals surface area (Å²) in [7, 11) is 0. The van der Waals surface area contributed by atoms with Gasteiger partial charge in [-0.05, 0) is 24.5 Å². The van der Waals surface area contributed by atoms with Gasteiger partial charge in [-0.3, -0.25) is 9.69 Å². The molecule has 134 valence electrons. The van der Waals surface area contributed by atoms with E-state index in [9.17, 15) is 4.79 Å². The Morgan fingerprint density at radius 1 is 1.16 bits per heavy atom. The molecule has 2 aliphatic heterocycles. The molecule has 0 N–H and O–H groups in total. The van der Waals surface area contributed by atoms with E-state index in [0.717, 1.165) is 44.0 Å². The summed E-state index contributed by atoms with van der Waals surface area (Å²) in [6, 6.07) is 10.5. The molecule has 1 aromatic carbocycles. The zero-order chi connectivity index (χ0) is 17.8. The molecule has 2 saturated heterocycles. The highest BCUT2D eigenvalue weighted by Gasteiger charge is 2.32. The molecule has 4 nitrogen and oxygen atoms in total. The fraction of sp³-hybridized carbons (Fsp3) is 0.474. The van der Waals surface area contributed by atoms with Crippen molar-refractivity contribution in [3.05, 3.63) is 41.4 Å². The van der Waals surface area contributed by atoms with Crippen LogP contribution in [0.5, 0.6) is 0 Å². The molecule has 0 aliphatic carbocycles. The number of thioether (sulfide) groups is 1. The van der Waals surface area contributed by atoms with Crippen molar-refractivity contribution in [2.75, 3.05) is 37.6 Å². The monoisotopic (exact) mass is 375 g/mol. The lowest BCUT2D eigenvalue weighted by Crippen LogP contribution is -2.44. The fourth-order valence-corrected chi connectivity index (χ4v) is 4.30. The SMILES string of the molecule is CC(C)CCN1C(=O)C(=CN2CCN(c3ccccc3)CC2)SC1=S. The number of piperazine rings is 1. The summed E-state index contributed by atoms with van der Waals surface area (Å²) in [4.78, 5) is 19.8. The van der Waals surface area contributed by atoms with Gasteiger partial charge in [-0.25, -0.2) is 0 Å². The Bertz CT molecular complexity index is 652. The van der Waals surface area contributed by atoms with Crippen LogP contribution in [0.3, 0.4) is 0 Å². The molecule has 0 radical (unpaired) electrons. The van der Waals surface area contributed by atoms with Gasteiger partial charge in [-0.2, -0.15) is 0 Å². The number of rotatable bonds is 5. The first kappa shape index (κ1) is 18.3. The first-order valence-electron chi connectivity index (χ1n) is 8.84. The van der Waals surface area contributed by atoms with Crippen molar-refractivity contribution in [3.63, 3.8) is 0 Å². The molecular formula is C19H25N3OS2. The van der Waals surface area contributed by atoms with E-state index in [-0.39, 0.29) is 5.91 Å². The van der Waals surface area contributed by atoms with Gasteiger partial charge in [0.1, 0.15) is 4.32 Å². The highest BCUT2D eigenvalue weighted by atomic mass is 32.2. The second kappa shape index (κ2) is 8.23. The summed E-state index contributed by atoms with van der Waals surface area (Å²) < 4.78 is 0.694. The van der Waals surface area contributed by atoms with E-state index in [4.69, 9.17) is 12.2 Å². The first-order valence-corrected chi connectivity index (χ1v) is 10.1. The van der Waals surface area contributed by atoms with E-state index >= 15 is 0 Å². The molecule has 1 aromatic rings. The summed E-state index contributed by atoms with van der Waals surface area (Å²) in [6.07, 6.45) is 2.99. The first-order chi connectivity index (χ1) is 12.0. The van der Waals surface area contributed by atoms with Crippen LogP contribution in [0.2, 0.25) is 0 Å². The zero-order valence-electron chi connectivity index (χ0n) is 14.9. The van der Waals surface area contributed by atoms with Gasteiger partial charge in [0, 0.05) is 44.6 Å². The van der Waals surface area contributed by atoms with Crippen molar-refractivity contribution in [1.82, 2.24) is 9.80 Å². The number of nitrogens with zero attached hydrogens (tertiary/aromatic N) is 3. The minimum Gasteiger partial charge on any atom is -0.373 e. The van der Waals surface area contributed by atoms with Crippen LogP contribution in [-0.2, 0) is 4.79 Å². The predicted molar refractivity (Wildman–Crippen MR) is 110 cm³/mol. The van der Waals surface area contributed by atoms with Crippen LogP contribution in [0, 0.1) is 5.92 Å². The lowest BCUT2D eigenvalue weighted by atomic mass is 10.1. The van der Waals surface area contributed by atoms with Crippen LogP contribution in [0.4, 0.5) is 5.69 Å². The molecule has 3 rings (SSSR count). The van der Waals surface area contributed by atoms with Crippen molar-refractivity contribution >= 4 is 39.9 Å². The molecule has 0 spiro atoms. The van der Waals surface area contributed by atoms with Gasteiger partial charge in [-0.15, -0.1) is 0 Å². The Kier molecular flexibility index (Phi) is 6.02. The molecule has 25 heavy (non-hydrogen) atoms. The second-order valence-electron chi connectivity index (χ2n) is 6.86. The van der Waals surface area contributed by atoms with Crippen LogP contribution in [0.25, 0.3) is 0 Å². The normalized spacial score (nSPS) is 20.3. The molecule has 6 heteroatoms. The lowest BCUT2D eigenvalue weighted by molar-refractivity contribution is -0.122. The zero-order valence-corrected chi connectivity index (χ0v) is 16.5. The second-order valence-corrected chi connectivity index (χ2v) is 8.53. The number of benzene rings is 1. The van der Waals surface area contributed by atoms with Crippen molar-refractivity contribution in [2.24, 2.45) is 5.92 Å². The van der Waals surface area contributed by atoms with Crippen LogP contribution in [0.15, 0.2) is 41.4 Å². The van der Waals surface area contributed by atoms with E-state index in [0.29, 0.717) is 10.2 Å². The largest absolute Gasteiger partial charge is 0.373 e. The average Bonchev–Trinajstić information content (AvgIpc) is 2.88. The predicted octanol–water partition coefficient (Wildman–Crippen LogP) is 3.56. The molecule has 2 heterocycles.